The van der Waals surface area contributed by atoms with Crippen LogP contribution in [0.25, 0.3) is 10.1 Å². The van der Waals surface area contributed by atoms with Gasteiger partial charge in [-0.3, -0.25) is 4.79 Å². The van der Waals surface area contributed by atoms with Crippen LogP contribution in [-0.4, -0.2) is 20.1 Å². The Morgan fingerprint density at radius 1 is 1.04 bits per heavy atom. The third-order valence-electron chi connectivity index (χ3n) is 3.63. The minimum Gasteiger partial charge on any atom is -0.493 e. The molecule has 0 saturated heterocycles. The molecule has 23 heavy (non-hydrogen) atoms. The summed E-state index contributed by atoms with van der Waals surface area (Å²) in [7, 11) is 3.16. The van der Waals surface area contributed by atoms with E-state index in [2.05, 4.69) is 5.32 Å². The van der Waals surface area contributed by atoms with E-state index in [0.717, 1.165) is 15.6 Å². The number of amides is 1. The molecule has 3 rings (SSSR count). The summed E-state index contributed by atoms with van der Waals surface area (Å²) in [5, 5.41) is 4.03. The summed E-state index contributed by atoms with van der Waals surface area (Å²) in [4.78, 5) is 13.2. The number of hydrogen-bond donors (Lipinski definition) is 1. The van der Waals surface area contributed by atoms with Crippen molar-refractivity contribution in [3.63, 3.8) is 0 Å². The summed E-state index contributed by atoms with van der Waals surface area (Å²) in [6.07, 6.45) is 0. The lowest BCUT2D eigenvalue weighted by atomic mass is 10.1. The molecule has 0 aliphatic heterocycles. The average Bonchev–Trinajstić information content (AvgIpc) is 3.00. The van der Waals surface area contributed by atoms with Crippen molar-refractivity contribution in [2.24, 2.45) is 0 Å². The lowest BCUT2D eigenvalue weighted by Crippen LogP contribution is -2.11. The summed E-state index contributed by atoms with van der Waals surface area (Å²) < 4.78 is 11.7. The SMILES string of the molecule is COc1cc(C)c(NC(=O)c2cc3ccccc3s2)cc1OC. The molecule has 0 radical (unpaired) electrons. The molecular formula is C18H17NO3S. The van der Waals surface area contributed by atoms with Gasteiger partial charge in [0.1, 0.15) is 0 Å². The van der Waals surface area contributed by atoms with Crippen molar-refractivity contribution in [1.82, 2.24) is 0 Å². The predicted octanol–water partition coefficient (Wildman–Crippen LogP) is 4.48. The van der Waals surface area contributed by atoms with Gasteiger partial charge in [0.2, 0.25) is 0 Å². The molecule has 1 N–H and O–H groups in total. The van der Waals surface area contributed by atoms with Crippen LogP contribution in [0.2, 0.25) is 0 Å². The van der Waals surface area contributed by atoms with Crippen molar-refractivity contribution in [2.75, 3.05) is 19.5 Å². The first-order valence-corrected chi connectivity index (χ1v) is 7.96. The van der Waals surface area contributed by atoms with Gasteiger partial charge in [-0.2, -0.15) is 0 Å². The van der Waals surface area contributed by atoms with Crippen molar-refractivity contribution < 1.29 is 14.3 Å². The number of thiophene rings is 1. The van der Waals surface area contributed by atoms with Gasteiger partial charge in [-0.25, -0.2) is 0 Å². The second kappa shape index (κ2) is 6.30. The molecule has 0 saturated carbocycles. The quantitative estimate of drug-likeness (QED) is 0.768. The van der Waals surface area contributed by atoms with Crippen molar-refractivity contribution >= 4 is 33.0 Å². The van der Waals surface area contributed by atoms with Gasteiger partial charge in [-0.05, 0) is 36.1 Å². The molecule has 1 amide bonds. The Labute approximate surface area is 138 Å². The van der Waals surface area contributed by atoms with Gasteiger partial charge >= 0.3 is 0 Å². The predicted molar refractivity (Wildman–Crippen MR) is 94.1 cm³/mol. The van der Waals surface area contributed by atoms with E-state index in [9.17, 15) is 4.79 Å². The highest BCUT2D eigenvalue weighted by molar-refractivity contribution is 7.20. The molecule has 118 valence electrons. The molecule has 0 aliphatic carbocycles. The first-order chi connectivity index (χ1) is 11.1. The first kappa shape index (κ1) is 15.4. The zero-order valence-corrected chi connectivity index (χ0v) is 14.0. The molecule has 3 aromatic rings. The molecule has 1 aromatic heterocycles. The molecule has 2 aromatic carbocycles. The lowest BCUT2D eigenvalue weighted by molar-refractivity contribution is 0.103. The molecule has 0 spiro atoms. The zero-order valence-electron chi connectivity index (χ0n) is 13.2. The van der Waals surface area contributed by atoms with Crippen LogP contribution in [0.5, 0.6) is 11.5 Å². The number of carbonyl (C=O) groups excluding carboxylic acids is 1. The van der Waals surface area contributed by atoms with E-state index >= 15 is 0 Å². The van der Waals surface area contributed by atoms with Crippen LogP contribution >= 0.6 is 11.3 Å². The number of carbonyl (C=O) groups is 1. The number of hydrogen-bond acceptors (Lipinski definition) is 4. The van der Waals surface area contributed by atoms with Crippen molar-refractivity contribution in [3.8, 4) is 11.5 Å². The summed E-state index contributed by atoms with van der Waals surface area (Å²) in [6.45, 7) is 1.92. The molecule has 1 heterocycles. The highest BCUT2D eigenvalue weighted by Crippen LogP contribution is 2.33. The number of rotatable bonds is 4. The van der Waals surface area contributed by atoms with Crippen molar-refractivity contribution in [2.45, 2.75) is 6.92 Å². The Balaban J connectivity index is 1.90. The third kappa shape index (κ3) is 3.00. The van der Waals surface area contributed by atoms with Gasteiger partial charge in [-0.1, -0.05) is 18.2 Å². The van der Waals surface area contributed by atoms with E-state index < -0.39 is 0 Å². The Hall–Kier alpha value is -2.53. The van der Waals surface area contributed by atoms with Crippen molar-refractivity contribution in [3.05, 3.63) is 52.9 Å². The van der Waals surface area contributed by atoms with Crippen LogP contribution in [0.1, 0.15) is 15.2 Å². The highest BCUT2D eigenvalue weighted by Gasteiger charge is 2.14. The number of anilines is 1. The van der Waals surface area contributed by atoms with E-state index in [1.165, 1.54) is 11.3 Å². The minimum absolute atomic E-state index is 0.124. The molecule has 0 unspecified atom stereocenters. The topological polar surface area (TPSA) is 47.6 Å². The van der Waals surface area contributed by atoms with E-state index in [0.29, 0.717) is 22.1 Å². The van der Waals surface area contributed by atoms with Gasteiger partial charge in [0.15, 0.2) is 11.5 Å². The first-order valence-electron chi connectivity index (χ1n) is 7.15. The van der Waals surface area contributed by atoms with E-state index in [4.69, 9.17) is 9.47 Å². The Kier molecular flexibility index (Phi) is 4.21. The smallest absolute Gasteiger partial charge is 0.265 e. The van der Waals surface area contributed by atoms with E-state index in [1.54, 1.807) is 20.3 Å². The third-order valence-corrected chi connectivity index (χ3v) is 4.74. The fourth-order valence-corrected chi connectivity index (χ4v) is 3.35. The number of methoxy groups -OCH3 is 2. The maximum absolute atomic E-state index is 12.5. The van der Waals surface area contributed by atoms with Gasteiger partial charge in [0.05, 0.1) is 19.1 Å². The number of aryl methyl sites for hydroxylation is 1. The molecule has 4 nitrogen and oxygen atoms in total. The molecular weight excluding hydrogens is 310 g/mol. The molecule has 0 atom stereocenters. The van der Waals surface area contributed by atoms with Crippen LogP contribution in [0.3, 0.4) is 0 Å². The van der Waals surface area contributed by atoms with Crippen LogP contribution in [-0.2, 0) is 0 Å². The normalized spacial score (nSPS) is 10.6. The fourth-order valence-electron chi connectivity index (χ4n) is 2.39. The highest BCUT2D eigenvalue weighted by atomic mass is 32.1. The lowest BCUT2D eigenvalue weighted by Gasteiger charge is -2.13. The molecule has 0 aliphatic rings. The Morgan fingerprint density at radius 3 is 2.43 bits per heavy atom. The van der Waals surface area contributed by atoms with Gasteiger partial charge < -0.3 is 14.8 Å². The van der Waals surface area contributed by atoms with Crippen LogP contribution in [0.15, 0.2) is 42.5 Å². The van der Waals surface area contributed by atoms with Gasteiger partial charge in [-0.15, -0.1) is 11.3 Å². The van der Waals surface area contributed by atoms with Crippen LogP contribution in [0.4, 0.5) is 5.69 Å². The zero-order chi connectivity index (χ0) is 16.4. The molecule has 5 heteroatoms. The number of ether oxygens (including phenoxy) is 2. The minimum atomic E-state index is -0.124. The number of benzene rings is 2. The van der Waals surface area contributed by atoms with Gasteiger partial charge in [0.25, 0.3) is 5.91 Å². The summed E-state index contributed by atoms with van der Waals surface area (Å²) in [5.74, 6) is 1.11. The second-order valence-corrected chi connectivity index (χ2v) is 6.21. The maximum atomic E-state index is 12.5. The Morgan fingerprint density at radius 2 is 1.74 bits per heavy atom. The van der Waals surface area contributed by atoms with E-state index in [1.807, 2.05) is 43.3 Å². The largest absolute Gasteiger partial charge is 0.493 e. The summed E-state index contributed by atoms with van der Waals surface area (Å²) in [5.41, 5.74) is 1.63. The van der Waals surface area contributed by atoms with Crippen LogP contribution in [0, 0.1) is 6.92 Å². The number of nitrogens with one attached hydrogen (secondary N) is 1. The van der Waals surface area contributed by atoms with Crippen LogP contribution < -0.4 is 14.8 Å². The average molecular weight is 327 g/mol. The standard InChI is InChI=1S/C18H17NO3S/c1-11-8-14(21-2)15(22-3)10-13(11)19-18(20)17-9-12-6-4-5-7-16(12)23-17/h4-10H,1-3H3,(H,19,20). The summed E-state index contributed by atoms with van der Waals surface area (Å²) in [6, 6.07) is 13.5. The molecule has 0 bridgehead atoms. The number of fused-ring (bicyclic) bond motifs is 1. The fraction of sp³-hybridized carbons (Fsp3) is 0.167. The molecule has 0 fully saturated rings. The summed E-state index contributed by atoms with van der Waals surface area (Å²) >= 11 is 1.48. The van der Waals surface area contributed by atoms with E-state index in [-0.39, 0.29) is 5.91 Å². The van der Waals surface area contributed by atoms with Crippen molar-refractivity contribution in [1.29, 1.82) is 0 Å². The second-order valence-electron chi connectivity index (χ2n) is 5.12. The Bertz CT molecular complexity index is 837. The monoisotopic (exact) mass is 327 g/mol. The maximum Gasteiger partial charge on any atom is 0.265 e. The van der Waals surface area contributed by atoms with Gasteiger partial charge in [0, 0.05) is 16.5 Å².